The van der Waals surface area contributed by atoms with Gasteiger partial charge < -0.3 is 19.5 Å². The summed E-state index contributed by atoms with van der Waals surface area (Å²) < 4.78 is 39.8. The van der Waals surface area contributed by atoms with E-state index < -0.39 is 6.61 Å². The fourth-order valence-corrected chi connectivity index (χ4v) is 2.49. The molecule has 0 aliphatic heterocycles. The van der Waals surface area contributed by atoms with E-state index >= 15 is 0 Å². The molecular weight excluding hydrogens is 356 g/mol. The van der Waals surface area contributed by atoms with Crippen molar-refractivity contribution in [3.63, 3.8) is 0 Å². The highest BCUT2D eigenvalue weighted by atomic mass is 19.3. The second-order valence-electron chi connectivity index (χ2n) is 5.67. The standard InChI is InChI=1S/C20H23F2NO4/c1-4-25-17-11-8-15(12-18(17)26-5-2)19(24)23-13(3)14-6-9-16(10-7-14)27-20(21)22/h6-13,20H,4-5H2,1-3H3,(H,23,24). The van der Waals surface area contributed by atoms with Gasteiger partial charge in [0.05, 0.1) is 19.3 Å². The Bertz CT molecular complexity index is 750. The second kappa shape index (κ2) is 9.75. The van der Waals surface area contributed by atoms with Crippen molar-refractivity contribution in [3.05, 3.63) is 53.6 Å². The van der Waals surface area contributed by atoms with Gasteiger partial charge in [0.1, 0.15) is 5.75 Å². The molecule has 2 aromatic rings. The summed E-state index contributed by atoms with van der Waals surface area (Å²) in [5.74, 6) is 0.881. The summed E-state index contributed by atoms with van der Waals surface area (Å²) in [5.41, 5.74) is 1.20. The number of carbonyl (C=O) groups excluding carboxylic acids is 1. The minimum absolute atomic E-state index is 0.0696. The number of carbonyl (C=O) groups is 1. The number of hydrogen-bond donors (Lipinski definition) is 1. The third-order valence-electron chi connectivity index (χ3n) is 3.76. The Balaban J connectivity index is 2.08. The van der Waals surface area contributed by atoms with Gasteiger partial charge >= 0.3 is 6.61 Å². The van der Waals surface area contributed by atoms with E-state index in [-0.39, 0.29) is 17.7 Å². The van der Waals surface area contributed by atoms with E-state index in [1.807, 2.05) is 13.8 Å². The third-order valence-corrected chi connectivity index (χ3v) is 3.76. The van der Waals surface area contributed by atoms with Gasteiger partial charge in [0.25, 0.3) is 5.91 Å². The summed E-state index contributed by atoms with van der Waals surface area (Å²) in [5, 5.41) is 2.87. The van der Waals surface area contributed by atoms with Crippen LogP contribution in [0.25, 0.3) is 0 Å². The van der Waals surface area contributed by atoms with E-state index in [4.69, 9.17) is 9.47 Å². The number of hydrogen-bond acceptors (Lipinski definition) is 4. The Hall–Kier alpha value is -2.83. The molecule has 0 saturated heterocycles. The summed E-state index contributed by atoms with van der Waals surface area (Å²) in [7, 11) is 0. The van der Waals surface area contributed by atoms with Crippen molar-refractivity contribution < 1.29 is 27.8 Å². The number of rotatable bonds is 9. The largest absolute Gasteiger partial charge is 0.490 e. The fraction of sp³-hybridized carbons (Fsp3) is 0.350. The molecule has 0 spiro atoms. The van der Waals surface area contributed by atoms with Crippen molar-refractivity contribution in [2.45, 2.75) is 33.4 Å². The predicted molar refractivity (Wildman–Crippen MR) is 97.7 cm³/mol. The van der Waals surface area contributed by atoms with Gasteiger partial charge in [0.2, 0.25) is 0 Å². The molecule has 2 rings (SSSR count). The highest BCUT2D eigenvalue weighted by molar-refractivity contribution is 5.95. The molecule has 0 aliphatic carbocycles. The lowest BCUT2D eigenvalue weighted by Gasteiger charge is -2.16. The van der Waals surface area contributed by atoms with E-state index in [1.54, 1.807) is 37.3 Å². The molecule has 7 heteroatoms. The van der Waals surface area contributed by atoms with E-state index in [0.29, 0.717) is 30.3 Å². The molecule has 0 aliphatic rings. The Morgan fingerprint density at radius 3 is 2.22 bits per heavy atom. The van der Waals surface area contributed by atoms with Gasteiger partial charge in [0, 0.05) is 5.56 Å². The van der Waals surface area contributed by atoms with Crippen LogP contribution in [0.5, 0.6) is 17.2 Å². The molecule has 27 heavy (non-hydrogen) atoms. The zero-order chi connectivity index (χ0) is 19.8. The van der Waals surface area contributed by atoms with Crippen molar-refractivity contribution in [2.75, 3.05) is 13.2 Å². The first-order valence-corrected chi connectivity index (χ1v) is 8.69. The molecule has 146 valence electrons. The van der Waals surface area contributed by atoms with Crippen molar-refractivity contribution >= 4 is 5.91 Å². The average molecular weight is 379 g/mol. The van der Waals surface area contributed by atoms with Gasteiger partial charge in [-0.2, -0.15) is 8.78 Å². The fourth-order valence-electron chi connectivity index (χ4n) is 2.49. The van der Waals surface area contributed by atoms with Crippen LogP contribution in [0.1, 0.15) is 42.7 Å². The van der Waals surface area contributed by atoms with Crippen molar-refractivity contribution in [2.24, 2.45) is 0 Å². The van der Waals surface area contributed by atoms with Crippen LogP contribution >= 0.6 is 0 Å². The van der Waals surface area contributed by atoms with E-state index in [9.17, 15) is 13.6 Å². The van der Waals surface area contributed by atoms with Crippen LogP contribution in [0, 0.1) is 0 Å². The number of ether oxygens (including phenoxy) is 3. The normalized spacial score (nSPS) is 11.8. The first kappa shape index (κ1) is 20.5. The molecular formula is C20H23F2NO4. The Morgan fingerprint density at radius 1 is 1.00 bits per heavy atom. The van der Waals surface area contributed by atoms with Crippen LogP contribution in [0.15, 0.2) is 42.5 Å². The van der Waals surface area contributed by atoms with Crippen LogP contribution in [0.4, 0.5) is 8.78 Å². The second-order valence-corrected chi connectivity index (χ2v) is 5.67. The molecule has 0 bridgehead atoms. The van der Waals surface area contributed by atoms with Crippen LogP contribution < -0.4 is 19.5 Å². The lowest BCUT2D eigenvalue weighted by Crippen LogP contribution is -2.26. The molecule has 2 aromatic carbocycles. The minimum atomic E-state index is -2.87. The van der Waals surface area contributed by atoms with Crippen molar-refractivity contribution in [1.29, 1.82) is 0 Å². The van der Waals surface area contributed by atoms with Crippen LogP contribution in [0.2, 0.25) is 0 Å². The van der Waals surface area contributed by atoms with Crippen molar-refractivity contribution in [3.8, 4) is 17.2 Å². The Labute approximate surface area is 157 Å². The first-order chi connectivity index (χ1) is 12.9. The maximum Gasteiger partial charge on any atom is 0.387 e. The smallest absolute Gasteiger partial charge is 0.387 e. The van der Waals surface area contributed by atoms with Gasteiger partial charge in [-0.05, 0) is 56.7 Å². The zero-order valence-corrected chi connectivity index (χ0v) is 15.5. The monoisotopic (exact) mass is 379 g/mol. The highest BCUT2D eigenvalue weighted by Crippen LogP contribution is 2.29. The Kier molecular flexibility index (Phi) is 7.40. The molecule has 0 radical (unpaired) electrons. The molecule has 0 aromatic heterocycles. The highest BCUT2D eigenvalue weighted by Gasteiger charge is 2.15. The summed E-state index contributed by atoms with van der Waals surface area (Å²) in [6, 6.07) is 10.8. The first-order valence-electron chi connectivity index (χ1n) is 8.69. The van der Waals surface area contributed by atoms with Crippen LogP contribution in [-0.4, -0.2) is 25.7 Å². The van der Waals surface area contributed by atoms with Crippen LogP contribution in [0.3, 0.4) is 0 Å². The van der Waals surface area contributed by atoms with E-state index in [2.05, 4.69) is 10.1 Å². The van der Waals surface area contributed by atoms with Crippen molar-refractivity contribution in [1.82, 2.24) is 5.32 Å². The van der Waals surface area contributed by atoms with Gasteiger partial charge in [0.15, 0.2) is 11.5 Å². The van der Waals surface area contributed by atoms with Gasteiger partial charge in [-0.25, -0.2) is 0 Å². The number of benzene rings is 2. The summed E-state index contributed by atoms with van der Waals surface area (Å²) >= 11 is 0. The lowest BCUT2D eigenvalue weighted by atomic mass is 10.1. The quantitative estimate of drug-likeness (QED) is 0.693. The number of nitrogens with one attached hydrogen (secondary N) is 1. The van der Waals surface area contributed by atoms with Gasteiger partial charge in [-0.15, -0.1) is 0 Å². The number of halogens is 2. The Morgan fingerprint density at radius 2 is 1.63 bits per heavy atom. The molecule has 0 heterocycles. The summed E-state index contributed by atoms with van der Waals surface area (Å²) in [4.78, 5) is 12.5. The predicted octanol–water partition coefficient (Wildman–Crippen LogP) is 4.58. The molecule has 5 nitrogen and oxygen atoms in total. The molecule has 1 atom stereocenters. The maximum absolute atomic E-state index is 12.5. The average Bonchev–Trinajstić information content (AvgIpc) is 2.63. The number of amides is 1. The SMILES string of the molecule is CCOc1ccc(C(=O)NC(C)c2ccc(OC(F)F)cc2)cc1OCC. The van der Waals surface area contributed by atoms with E-state index in [1.165, 1.54) is 12.1 Å². The van der Waals surface area contributed by atoms with Gasteiger partial charge in [-0.3, -0.25) is 4.79 Å². The molecule has 0 saturated carbocycles. The zero-order valence-electron chi connectivity index (χ0n) is 15.5. The molecule has 0 fully saturated rings. The maximum atomic E-state index is 12.5. The van der Waals surface area contributed by atoms with Crippen LogP contribution in [-0.2, 0) is 0 Å². The molecule has 1 unspecified atom stereocenters. The number of alkyl halides is 2. The van der Waals surface area contributed by atoms with E-state index in [0.717, 1.165) is 5.56 Å². The van der Waals surface area contributed by atoms with Gasteiger partial charge in [-0.1, -0.05) is 12.1 Å². The molecule has 1 N–H and O–H groups in total. The minimum Gasteiger partial charge on any atom is -0.490 e. The topological polar surface area (TPSA) is 56.8 Å². The third kappa shape index (κ3) is 5.84. The lowest BCUT2D eigenvalue weighted by molar-refractivity contribution is -0.0498. The summed E-state index contributed by atoms with van der Waals surface area (Å²) in [6.45, 7) is 3.61. The summed E-state index contributed by atoms with van der Waals surface area (Å²) in [6.07, 6.45) is 0. The molecule has 1 amide bonds.